The zero-order valence-corrected chi connectivity index (χ0v) is 14.5. The Labute approximate surface area is 137 Å². The van der Waals surface area contributed by atoms with Gasteiger partial charge < -0.3 is 10.1 Å². The van der Waals surface area contributed by atoms with E-state index in [2.05, 4.69) is 10.4 Å². The second-order valence-electron chi connectivity index (χ2n) is 7.13. The molecule has 3 aliphatic rings. The predicted molar refractivity (Wildman–Crippen MR) is 84.5 cm³/mol. The molecule has 3 saturated heterocycles. The van der Waals surface area contributed by atoms with Crippen LogP contribution in [-0.2, 0) is 21.8 Å². The number of sulfonamides is 1. The normalized spacial score (nSPS) is 30.9. The lowest BCUT2D eigenvalue weighted by atomic mass is 9.70. The van der Waals surface area contributed by atoms with E-state index in [9.17, 15) is 8.42 Å². The molecular formula is C15H24N4O3S. The van der Waals surface area contributed by atoms with E-state index < -0.39 is 10.0 Å². The number of fused-ring (bicyclic) bond motifs is 2. The van der Waals surface area contributed by atoms with Crippen molar-refractivity contribution in [2.75, 3.05) is 32.8 Å². The predicted octanol–water partition coefficient (Wildman–Crippen LogP) is 0.118. The maximum atomic E-state index is 13.2. The van der Waals surface area contributed by atoms with Crippen molar-refractivity contribution in [3.8, 4) is 0 Å². The molecule has 1 aromatic rings. The van der Waals surface area contributed by atoms with E-state index in [1.165, 1.54) is 0 Å². The van der Waals surface area contributed by atoms with Crippen LogP contribution in [0.15, 0.2) is 11.1 Å². The van der Waals surface area contributed by atoms with Crippen molar-refractivity contribution >= 4 is 10.0 Å². The number of rotatable bonds is 2. The third kappa shape index (κ3) is 2.26. The van der Waals surface area contributed by atoms with E-state index in [1.54, 1.807) is 29.2 Å². The first-order valence-electron chi connectivity index (χ1n) is 8.25. The van der Waals surface area contributed by atoms with Crippen LogP contribution in [0.1, 0.15) is 18.5 Å². The summed E-state index contributed by atoms with van der Waals surface area (Å²) in [6, 6.07) is -0.0299. The Morgan fingerprint density at radius 3 is 2.74 bits per heavy atom. The van der Waals surface area contributed by atoms with Gasteiger partial charge in [0, 0.05) is 25.7 Å². The van der Waals surface area contributed by atoms with Gasteiger partial charge in [0.25, 0.3) is 0 Å². The van der Waals surface area contributed by atoms with Gasteiger partial charge in [-0.25, -0.2) is 8.42 Å². The van der Waals surface area contributed by atoms with Crippen molar-refractivity contribution in [3.05, 3.63) is 11.9 Å². The van der Waals surface area contributed by atoms with Gasteiger partial charge in [0.15, 0.2) is 0 Å². The molecule has 4 rings (SSSR count). The Balaban J connectivity index is 1.72. The number of nitrogens with zero attached hydrogens (tertiary/aromatic N) is 3. The van der Waals surface area contributed by atoms with Gasteiger partial charge in [-0.1, -0.05) is 0 Å². The summed E-state index contributed by atoms with van der Waals surface area (Å²) in [5.74, 6) is 0.316. The molecule has 1 N–H and O–H groups in total. The SMILES string of the molecule is Cc1nn(C)cc1S(=O)(=O)N1CC2(CCNCC2)[C@H]2COC[C@H]21. The molecule has 23 heavy (non-hydrogen) atoms. The van der Waals surface area contributed by atoms with Gasteiger partial charge in [-0.05, 0) is 38.3 Å². The van der Waals surface area contributed by atoms with Crippen molar-refractivity contribution < 1.29 is 13.2 Å². The number of aryl methyl sites for hydroxylation is 2. The first-order valence-corrected chi connectivity index (χ1v) is 9.69. The van der Waals surface area contributed by atoms with Crippen molar-refractivity contribution in [1.82, 2.24) is 19.4 Å². The zero-order chi connectivity index (χ0) is 16.2. The first-order chi connectivity index (χ1) is 10.9. The Hall–Kier alpha value is -0.960. The molecule has 0 bridgehead atoms. The minimum atomic E-state index is -3.53. The highest BCUT2D eigenvalue weighted by atomic mass is 32.2. The number of nitrogens with one attached hydrogen (secondary N) is 1. The Bertz CT molecular complexity index is 708. The Morgan fingerprint density at radius 2 is 2.09 bits per heavy atom. The van der Waals surface area contributed by atoms with Crippen molar-refractivity contribution in [3.63, 3.8) is 0 Å². The molecule has 8 heteroatoms. The van der Waals surface area contributed by atoms with E-state index in [0.29, 0.717) is 36.3 Å². The summed E-state index contributed by atoms with van der Waals surface area (Å²) in [5, 5.41) is 7.60. The average molecular weight is 340 g/mol. The fourth-order valence-corrected chi connectivity index (χ4v) is 6.57. The van der Waals surface area contributed by atoms with Crippen molar-refractivity contribution in [2.45, 2.75) is 30.7 Å². The molecule has 0 saturated carbocycles. The standard InChI is InChI=1S/C15H24N4O3S/c1-11-14(7-18(2)17-11)23(20,21)19-10-15(3-5-16-6-4-15)12-8-22-9-13(12)19/h7,12-13,16H,3-6,8-10H2,1-2H3/t12-,13+/m0/s1. The van der Waals surface area contributed by atoms with Crippen LogP contribution in [0.2, 0.25) is 0 Å². The smallest absolute Gasteiger partial charge is 0.246 e. The molecular weight excluding hydrogens is 316 g/mol. The van der Waals surface area contributed by atoms with Gasteiger partial charge in [0.2, 0.25) is 10.0 Å². The van der Waals surface area contributed by atoms with Gasteiger partial charge in [0.1, 0.15) is 4.90 Å². The van der Waals surface area contributed by atoms with E-state index in [4.69, 9.17) is 4.74 Å². The second kappa shape index (κ2) is 5.27. The summed E-state index contributed by atoms with van der Waals surface area (Å²) >= 11 is 0. The molecule has 3 aliphatic heterocycles. The summed E-state index contributed by atoms with van der Waals surface area (Å²) in [6.45, 7) is 5.49. The van der Waals surface area contributed by atoms with Crippen LogP contribution in [-0.4, -0.2) is 61.4 Å². The number of aromatic nitrogens is 2. The third-order valence-electron chi connectivity index (χ3n) is 5.83. The zero-order valence-electron chi connectivity index (χ0n) is 13.7. The highest BCUT2D eigenvalue weighted by molar-refractivity contribution is 7.89. The summed E-state index contributed by atoms with van der Waals surface area (Å²) in [7, 11) is -1.77. The van der Waals surface area contributed by atoms with E-state index in [0.717, 1.165) is 25.9 Å². The highest BCUT2D eigenvalue weighted by Crippen LogP contribution is 2.50. The van der Waals surface area contributed by atoms with Gasteiger partial charge in [-0.3, -0.25) is 4.68 Å². The van der Waals surface area contributed by atoms with Crippen LogP contribution < -0.4 is 5.32 Å². The summed E-state index contributed by atoms with van der Waals surface area (Å²) in [4.78, 5) is 0.330. The minimum absolute atomic E-state index is 0.0299. The molecule has 0 aliphatic carbocycles. The van der Waals surface area contributed by atoms with Crippen LogP contribution in [0, 0.1) is 18.3 Å². The van der Waals surface area contributed by atoms with Crippen LogP contribution in [0.5, 0.6) is 0 Å². The monoisotopic (exact) mass is 340 g/mol. The molecule has 1 spiro atoms. The van der Waals surface area contributed by atoms with Crippen molar-refractivity contribution in [1.29, 1.82) is 0 Å². The summed E-state index contributed by atoms with van der Waals surface area (Å²) in [5.41, 5.74) is 0.629. The number of hydrogen-bond acceptors (Lipinski definition) is 5. The molecule has 4 heterocycles. The quantitative estimate of drug-likeness (QED) is 0.827. The van der Waals surface area contributed by atoms with Gasteiger partial charge in [-0.15, -0.1) is 0 Å². The van der Waals surface area contributed by atoms with Crippen LogP contribution in [0.3, 0.4) is 0 Å². The third-order valence-corrected chi connectivity index (χ3v) is 7.81. The number of hydrogen-bond donors (Lipinski definition) is 1. The average Bonchev–Trinajstić information content (AvgIpc) is 3.18. The molecule has 2 atom stereocenters. The molecule has 7 nitrogen and oxygen atoms in total. The minimum Gasteiger partial charge on any atom is -0.379 e. The Kier molecular flexibility index (Phi) is 3.57. The largest absolute Gasteiger partial charge is 0.379 e. The van der Waals surface area contributed by atoms with E-state index >= 15 is 0 Å². The van der Waals surface area contributed by atoms with Crippen LogP contribution in [0.25, 0.3) is 0 Å². The van der Waals surface area contributed by atoms with Gasteiger partial charge in [0.05, 0.1) is 24.9 Å². The molecule has 0 amide bonds. The van der Waals surface area contributed by atoms with Crippen molar-refractivity contribution in [2.24, 2.45) is 18.4 Å². The summed E-state index contributed by atoms with van der Waals surface area (Å²) < 4.78 is 35.4. The van der Waals surface area contributed by atoms with E-state index in [-0.39, 0.29) is 11.5 Å². The lowest BCUT2D eigenvalue weighted by Crippen LogP contribution is -2.43. The lowest BCUT2D eigenvalue weighted by Gasteiger charge is -2.37. The maximum Gasteiger partial charge on any atom is 0.246 e. The molecule has 0 aromatic carbocycles. The number of ether oxygens (including phenoxy) is 1. The second-order valence-corrected chi connectivity index (χ2v) is 8.99. The summed E-state index contributed by atoms with van der Waals surface area (Å²) in [6.07, 6.45) is 3.66. The maximum absolute atomic E-state index is 13.2. The molecule has 1 aromatic heterocycles. The fourth-order valence-electron chi connectivity index (χ4n) is 4.63. The van der Waals surface area contributed by atoms with Crippen LogP contribution in [0.4, 0.5) is 0 Å². The first kappa shape index (κ1) is 15.6. The molecule has 128 valence electrons. The lowest BCUT2D eigenvalue weighted by molar-refractivity contribution is 0.0979. The van der Waals surface area contributed by atoms with E-state index in [1.807, 2.05) is 0 Å². The molecule has 0 unspecified atom stereocenters. The Morgan fingerprint density at radius 1 is 1.35 bits per heavy atom. The molecule has 3 fully saturated rings. The highest BCUT2D eigenvalue weighted by Gasteiger charge is 2.58. The van der Waals surface area contributed by atoms with Gasteiger partial charge in [-0.2, -0.15) is 9.40 Å². The van der Waals surface area contributed by atoms with Crippen LogP contribution >= 0.6 is 0 Å². The molecule has 0 radical (unpaired) electrons. The number of piperidine rings is 1. The fraction of sp³-hybridized carbons (Fsp3) is 0.800. The van der Waals surface area contributed by atoms with Gasteiger partial charge >= 0.3 is 0 Å². The topological polar surface area (TPSA) is 76.5 Å².